The van der Waals surface area contributed by atoms with Gasteiger partial charge in [-0.25, -0.2) is 4.79 Å². The van der Waals surface area contributed by atoms with Gasteiger partial charge in [0, 0.05) is 0 Å². The Morgan fingerprint density at radius 1 is 0.324 bits per heavy atom. The zero-order valence-electron chi connectivity index (χ0n) is 15.5. The van der Waals surface area contributed by atoms with E-state index < -0.39 is 71.4 Å². The predicted octanol–water partition coefficient (Wildman–Crippen LogP) is 6.99. The summed E-state index contributed by atoms with van der Waals surface area (Å²) in [4.78, 5) is 9.85. The molecular formula is C12HF23O2. The molecule has 222 valence electrons. The number of hydrogen-bond donors (Lipinski definition) is 1. The minimum absolute atomic E-state index is 4.62. The van der Waals surface area contributed by atoms with Crippen LogP contribution in [0.5, 0.6) is 0 Å². The van der Waals surface area contributed by atoms with Crippen molar-refractivity contribution < 1.29 is 111 Å². The molecule has 0 aliphatic carbocycles. The maximum atomic E-state index is 13.4. The van der Waals surface area contributed by atoms with Gasteiger partial charge >= 0.3 is 71.4 Å². The molecule has 0 aromatic carbocycles. The predicted molar refractivity (Wildman–Crippen MR) is 63.2 cm³/mol. The van der Waals surface area contributed by atoms with Crippen LogP contribution in [0.1, 0.15) is 0 Å². The zero-order valence-corrected chi connectivity index (χ0v) is 15.5. The van der Waals surface area contributed by atoms with Gasteiger partial charge in [-0.3, -0.25) is 0 Å². The molecule has 0 radical (unpaired) electrons. The largest absolute Gasteiger partial charge is 0.477 e. The molecule has 0 rings (SSSR count). The topological polar surface area (TPSA) is 37.3 Å². The van der Waals surface area contributed by atoms with Crippen LogP contribution in [0.2, 0.25) is 0 Å². The van der Waals surface area contributed by atoms with Gasteiger partial charge in [0.1, 0.15) is 0 Å². The standard InChI is InChI=1S/C12HF23O2/c13-2(14,1(36)37)3(15,16)4(17,18)5(19,20)6(21,22)7(23,24)8(25,26)9(27,28)10(29,30)11(31,32)12(33,34)35/h(H,36,37)/i11+1,12+1. The van der Waals surface area contributed by atoms with E-state index in [1.807, 2.05) is 0 Å². The molecule has 0 bridgehead atoms. The fourth-order valence-corrected chi connectivity index (χ4v) is 1.89. The monoisotopic (exact) mass is 616 g/mol. The molecule has 0 aliphatic rings. The minimum Gasteiger partial charge on any atom is -0.477 e. The number of carbonyl (C=O) groups is 1. The number of aliphatic carboxylic acids is 1. The Bertz CT molecular complexity index is 879. The van der Waals surface area contributed by atoms with E-state index in [-0.39, 0.29) is 0 Å². The molecule has 25 heteroatoms. The van der Waals surface area contributed by atoms with E-state index in [1.54, 1.807) is 0 Å². The Morgan fingerprint density at radius 3 is 0.649 bits per heavy atom. The molecule has 0 aliphatic heterocycles. The molecule has 0 fully saturated rings. The zero-order chi connectivity index (χ0) is 31.1. The second-order valence-electron chi connectivity index (χ2n) is 6.55. The molecule has 0 atom stereocenters. The van der Waals surface area contributed by atoms with Crippen LogP contribution >= 0.6 is 0 Å². The Morgan fingerprint density at radius 2 is 0.486 bits per heavy atom. The number of alkyl halides is 23. The van der Waals surface area contributed by atoms with E-state index in [1.165, 1.54) is 0 Å². The number of hydrogen-bond acceptors (Lipinski definition) is 1. The Hall–Kier alpha value is -2.14. The van der Waals surface area contributed by atoms with Crippen LogP contribution in [0.25, 0.3) is 0 Å². The number of rotatable bonds is 10. The molecule has 0 heterocycles. The summed E-state index contributed by atoms with van der Waals surface area (Å²) in [5.41, 5.74) is 0. The van der Waals surface area contributed by atoms with Crippen LogP contribution in [0.15, 0.2) is 0 Å². The number of carboxylic acid groups (broad SMARTS) is 1. The third-order valence-corrected chi connectivity index (χ3v) is 4.17. The van der Waals surface area contributed by atoms with E-state index in [0.717, 1.165) is 0 Å². The molecule has 0 saturated carbocycles. The van der Waals surface area contributed by atoms with Gasteiger partial charge in [0.05, 0.1) is 0 Å². The highest BCUT2D eigenvalue weighted by Crippen LogP contribution is 2.67. The van der Waals surface area contributed by atoms with E-state index in [2.05, 4.69) is 0 Å². The van der Waals surface area contributed by atoms with E-state index in [0.29, 0.717) is 0 Å². The average Bonchev–Trinajstić information content (AvgIpc) is 2.65. The Labute approximate surface area is 184 Å². The highest BCUT2D eigenvalue weighted by atomic mass is 19.5. The highest BCUT2D eigenvalue weighted by Gasteiger charge is 2.99. The highest BCUT2D eigenvalue weighted by molar-refractivity contribution is 5.77. The first-order chi connectivity index (χ1) is 15.4. The van der Waals surface area contributed by atoms with E-state index >= 15 is 0 Å². The van der Waals surface area contributed by atoms with Gasteiger partial charge in [0.15, 0.2) is 0 Å². The third-order valence-electron chi connectivity index (χ3n) is 4.17. The molecule has 2 nitrogen and oxygen atoms in total. The van der Waals surface area contributed by atoms with Crippen LogP contribution in [-0.2, 0) is 4.79 Å². The summed E-state index contributed by atoms with van der Waals surface area (Å²) in [5, 5.41) is 7.63. The van der Waals surface area contributed by atoms with Crippen molar-refractivity contribution in [3.63, 3.8) is 0 Å². The summed E-state index contributed by atoms with van der Waals surface area (Å²) in [5.74, 6) is -94.6. The van der Waals surface area contributed by atoms with Crippen molar-refractivity contribution in [2.75, 3.05) is 0 Å². The quantitative estimate of drug-likeness (QED) is 0.213. The molecule has 0 unspecified atom stereocenters. The van der Waals surface area contributed by atoms with E-state index in [4.69, 9.17) is 5.11 Å². The molecule has 37 heavy (non-hydrogen) atoms. The van der Waals surface area contributed by atoms with Crippen molar-refractivity contribution in [2.45, 2.75) is 65.4 Å². The summed E-state index contributed by atoms with van der Waals surface area (Å²) >= 11 is 0. The van der Waals surface area contributed by atoms with Crippen molar-refractivity contribution in [1.82, 2.24) is 0 Å². The van der Waals surface area contributed by atoms with Gasteiger partial charge in [-0.05, 0) is 0 Å². The summed E-state index contributed by atoms with van der Waals surface area (Å²) in [7, 11) is 0. The SMILES string of the molecule is O=C(O)C(F)(F)C(F)(F)C(F)(F)C(F)(F)C(F)(F)C(F)(F)C(F)(F)C(F)(F)C(F)(F)[13C](F)(F)[13C](F)(F)F. The van der Waals surface area contributed by atoms with Crippen LogP contribution in [0.4, 0.5) is 101 Å². The van der Waals surface area contributed by atoms with Crippen molar-refractivity contribution >= 4 is 5.97 Å². The van der Waals surface area contributed by atoms with Gasteiger partial charge in [-0.2, -0.15) is 101 Å². The van der Waals surface area contributed by atoms with Gasteiger partial charge in [-0.1, -0.05) is 0 Å². The van der Waals surface area contributed by atoms with Crippen LogP contribution in [0.3, 0.4) is 0 Å². The molecule has 0 aromatic heterocycles. The smallest absolute Gasteiger partial charge is 0.460 e. The fraction of sp³-hybridized carbons (Fsp3) is 0.917. The van der Waals surface area contributed by atoms with Crippen LogP contribution in [0, 0.1) is 0 Å². The van der Waals surface area contributed by atoms with Gasteiger partial charge in [-0.15, -0.1) is 0 Å². The van der Waals surface area contributed by atoms with Crippen LogP contribution in [-0.4, -0.2) is 76.5 Å². The van der Waals surface area contributed by atoms with Crippen molar-refractivity contribution in [3.05, 3.63) is 0 Å². The normalized spacial score (nSPS) is 16.7. The average molecular weight is 616 g/mol. The summed E-state index contributed by atoms with van der Waals surface area (Å²) < 4.78 is 298. The lowest BCUT2D eigenvalue weighted by Crippen LogP contribution is -2.78. The maximum Gasteiger partial charge on any atom is 0.460 e. The van der Waals surface area contributed by atoms with Gasteiger partial charge < -0.3 is 5.11 Å². The van der Waals surface area contributed by atoms with Crippen molar-refractivity contribution in [1.29, 1.82) is 0 Å². The summed E-state index contributed by atoms with van der Waals surface area (Å²) in [6.07, 6.45) is -8.13. The van der Waals surface area contributed by atoms with Gasteiger partial charge in [0.25, 0.3) is 0 Å². The second kappa shape index (κ2) is 8.18. The lowest BCUT2D eigenvalue weighted by Gasteiger charge is -2.44. The lowest BCUT2D eigenvalue weighted by molar-refractivity contribution is -0.477. The first-order valence-electron chi connectivity index (χ1n) is 7.52. The maximum absolute atomic E-state index is 13.4. The Balaban J connectivity index is 7.25. The minimum atomic E-state index is -9.50. The summed E-state index contributed by atoms with van der Waals surface area (Å²) in [6.45, 7) is 0. The molecular weight excluding hydrogens is 615 g/mol. The summed E-state index contributed by atoms with van der Waals surface area (Å²) in [6, 6.07) is 0. The molecule has 0 saturated heterocycles. The first-order valence-corrected chi connectivity index (χ1v) is 7.52. The molecule has 0 amide bonds. The Kier molecular flexibility index (Phi) is 7.71. The molecule has 0 spiro atoms. The van der Waals surface area contributed by atoms with E-state index in [9.17, 15) is 106 Å². The fourth-order valence-electron chi connectivity index (χ4n) is 1.89. The first kappa shape index (κ1) is 34.9. The lowest BCUT2D eigenvalue weighted by atomic mass is 9.87. The third kappa shape index (κ3) is 3.90. The van der Waals surface area contributed by atoms with Crippen LogP contribution < -0.4 is 0 Å². The number of halogens is 23. The molecule has 0 aromatic rings. The van der Waals surface area contributed by atoms with Crippen molar-refractivity contribution in [3.8, 4) is 0 Å². The molecule has 1 N–H and O–H groups in total. The van der Waals surface area contributed by atoms with Gasteiger partial charge in [0.2, 0.25) is 0 Å². The second-order valence-corrected chi connectivity index (χ2v) is 6.55. The van der Waals surface area contributed by atoms with Crippen molar-refractivity contribution in [2.24, 2.45) is 0 Å². The number of carboxylic acids is 1.